The number of benzene rings is 1. The number of likely N-dealkylation sites (N-methyl/N-ethyl adjacent to an activating group) is 1. The second kappa shape index (κ2) is 10.1. The van der Waals surface area contributed by atoms with Gasteiger partial charge in [0, 0.05) is 66.5 Å². The Kier molecular flexibility index (Phi) is 6.82. The minimum Gasteiger partial charge on any atom is -0.339 e. The lowest BCUT2D eigenvalue weighted by molar-refractivity contribution is -0.142. The van der Waals surface area contributed by atoms with E-state index in [9.17, 15) is 14.4 Å². The Morgan fingerprint density at radius 3 is 2.40 bits per heavy atom. The van der Waals surface area contributed by atoms with E-state index < -0.39 is 11.3 Å². The van der Waals surface area contributed by atoms with Gasteiger partial charge in [0.1, 0.15) is 5.82 Å². The maximum absolute atomic E-state index is 13.7. The van der Waals surface area contributed by atoms with Gasteiger partial charge in [0.25, 0.3) is 0 Å². The Balaban J connectivity index is 1.27. The van der Waals surface area contributed by atoms with Crippen LogP contribution in [0, 0.1) is 40.5 Å². The minimum absolute atomic E-state index is 0.0561. The van der Waals surface area contributed by atoms with Gasteiger partial charge in [-0.3, -0.25) is 19.4 Å². The first kappa shape index (κ1) is 28.3. The molecule has 0 bridgehead atoms. The molecule has 1 aromatic carbocycles. The lowest BCUT2D eigenvalue weighted by Crippen LogP contribution is -2.50. The average molecular weight is 565 g/mol. The number of Topliss-reactive ketones (excluding diaryl/α,β-unsaturated/α-hetero) is 1. The van der Waals surface area contributed by atoms with Gasteiger partial charge < -0.3 is 10.2 Å². The number of piperidine rings is 1. The largest absolute Gasteiger partial charge is 0.339 e. The van der Waals surface area contributed by atoms with Gasteiger partial charge >= 0.3 is 0 Å². The zero-order chi connectivity index (χ0) is 30.1. The second-order valence-electron chi connectivity index (χ2n) is 12.7. The summed E-state index contributed by atoms with van der Waals surface area (Å²) in [6.07, 6.45) is 5.08. The highest BCUT2D eigenvalue weighted by Crippen LogP contribution is 2.46. The Bertz CT molecular complexity index is 1630. The highest BCUT2D eigenvalue weighted by Gasteiger charge is 2.52. The Morgan fingerprint density at radius 1 is 1.02 bits per heavy atom. The number of rotatable bonds is 5. The van der Waals surface area contributed by atoms with Gasteiger partial charge in [0.15, 0.2) is 5.78 Å². The van der Waals surface area contributed by atoms with Gasteiger partial charge in [0.2, 0.25) is 11.8 Å². The quantitative estimate of drug-likeness (QED) is 0.406. The minimum atomic E-state index is -0.731. The third-order valence-electron chi connectivity index (χ3n) is 10.8. The van der Waals surface area contributed by atoms with E-state index in [1.807, 2.05) is 30.0 Å². The monoisotopic (exact) mass is 564 g/mol. The Hall–Kier alpha value is -3.87. The number of hydrogen-bond acceptors (Lipinski definition) is 5. The zero-order valence-corrected chi connectivity index (χ0v) is 25.7. The number of likely N-dealkylation sites (tertiary alicyclic amines) is 1. The number of carbonyl (C=O) groups is 3. The van der Waals surface area contributed by atoms with Crippen molar-refractivity contribution in [2.45, 2.75) is 91.5 Å². The molecule has 3 aliphatic rings. The van der Waals surface area contributed by atoms with Crippen LogP contribution in [0.2, 0.25) is 0 Å². The second-order valence-corrected chi connectivity index (χ2v) is 12.7. The molecule has 0 radical (unpaired) electrons. The SMILES string of the molecule is CCN1C(=O)[C@@H](CC(=O)c2cnc3c(c2)C[C@@]2(C3)C(=O)Nc3ncccc32)C[C@@H](c2c(C)c(C)c(C)c(C)c2C)[C@H]1C. The van der Waals surface area contributed by atoms with Gasteiger partial charge in [-0.1, -0.05) is 6.07 Å². The molecular weight excluding hydrogens is 524 g/mol. The number of fused-ring (bicyclic) bond motifs is 3. The van der Waals surface area contributed by atoms with Crippen molar-refractivity contribution in [3.8, 4) is 0 Å². The molecule has 3 aromatic rings. The first-order valence-electron chi connectivity index (χ1n) is 15.1. The molecule has 6 rings (SSSR count). The highest BCUT2D eigenvalue weighted by molar-refractivity contribution is 6.06. The van der Waals surface area contributed by atoms with Gasteiger partial charge in [-0.25, -0.2) is 4.98 Å². The molecular formula is C35H40N4O3. The van der Waals surface area contributed by atoms with Crippen LogP contribution in [0.5, 0.6) is 0 Å². The molecule has 0 unspecified atom stereocenters. The summed E-state index contributed by atoms with van der Waals surface area (Å²) in [5.41, 5.74) is 10.3. The van der Waals surface area contributed by atoms with Crippen molar-refractivity contribution in [1.82, 2.24) is 14.9 Å². The maximum atomic E-state index is 13.7. The van der Waals surface area contributed by atoms with Crippen molar-refractivity contribution < 1.29 is 14.4 Å². The summed E-state index contributed by atoms with van der Waals surface area (Å²) in [5.74, 6) is 0.295. The van der Waals surface area contributed by atoms with E-state index in [2.05, 4.69) is 56.8 Å². The summed E-state index contributed by atoms with van der Waals surface area (Å²) < 4.78 is 0. The van der Waals surface area contributed by atoms with Gasteiger partial charge in [-0.15, -0.1) is 0 Å². The van der Waals surface area contributed by atoms with Gasteiger partial charge in [0.05, 0.1) is 5.41 Å². The third-order valence-corrected chi connectivity index (χ3v) is 10.8. The van der Waals surface area contributed by atoms with Crippen LogP contribution < -0.4 is 5.32 Å². The molecule has 1 saturated heterocycles. The third kappa shape index (κ3) is 4.11. The summed E-state index contributed by atoms with van der Waals surface area (Å²) in [4.78, 5) is 51.5. The lowest BCUT2D eigenvalue weighted by Gasteiger charge is -2.44. The lowest BCUT2D eigenvalue weighted by atomic mass is 9.73. The predicted octanol–water partition coefficient (Wildman–Crippen LogP) is 5.62. The van der Waals surface area contributed by atoms with E-state index in [-0.39, 0.29) is 36.0 Å². The standard InChI is InChI=1S/C35H40N4O3/c1-8-39-23(7)27(31-21(5)19(3)18(2)20(4)22(31)6)13-24(33(39)41)14-30(40)26-12-25-15-35(16-29(25)37-17-26)28-10-9-11-36-32(28)38-34(35)42/h9-12,17,23-24,27H,8,13-16H2,1-7H3,(H,36,38,42)/t23-,24-,27-,35+/m1/s1. The molecule has 218 valence electrons. The van der Waals surface area contributed by atoms with Crippen molar-refractivity contribution >= 4 is 23.4 Å². The maximum Gasteiger partial charge on any atom is 0.237 e. The summed E-state index contributed by atoms with van der Waals surface area (Å²) in [6.45, 7) is 15.7. The number of ketones is 1. The van der Waals surface area contributed by atoms with Crippen LogP contribution in [0.15, 0.2) is 30.6 Å². The van der Waals surface area contributed by atoms with E-state index in [1.54, 1.807) is 12.4 Å². The fraction of sp³-hybridized carbons (Fsp3) is 0.457. The molecule has 2 amide bonds. The Morgan fingerprint density at radius 2 is 1.71 bits per heavy atom. The van der Waals surface area contributed by atoms with Crippen molar-refractivity contribution in [3.05, 3.63) is 86.4 Å². The molecule has 1 fully saturated rings. The van der Waals surface area contributed by atoms with Gasteiger partial charge in [-0.05, 0) is 112 Å². The summed E-state index contributed by atoms with van der Waals surface area (Å²) in [6, 6.07) is 5.75. The number of carbonyl (C=O) groups excluding carboxylic acids is 3. The molecule has 4 heterocycles. The topological polar surface area (TPSA) is 92.3 Å². The van der Waals surface area contributed by atoms with Crippen LogP contribution in [0.4, 0.5) is 5.82 Å². The van der Waals surface area contributed by atoms with E-state index in [0.29, 0.717) is 37.2 Å². The number of nitrogens with one attached hydrogen (secondary N) is 1. The molecule has 2 aromatic heterocycles. The van der Waals surface area contributed by atoms with E-state index in [4.69, 9.17) is 0 Å². The average Bonchev–Trinajstić information content (AvgIpc) is 3.50. The molecule has 7 heteroatoms. The van der Waals surface area contributed by atoms with Crippen LogP contribution in [0.25, 0.3) is 0 Å². The molecule has 1 aliphatic carbocycles. The summed E-state index contributed by atoms with van der Waals surface area (Å²) in [5, 5.41) is 2.92. The highest BCUT2D eigenvalue weighted by atomic mass is 16.2. The van der Waals surface area contributed by atoms with Crippen LogP contribution >= 0.6 is 0 Å². The van der Waals surface area contributed by atoms with Gasteiger partial charge in [-0.2, -0.15) is 0 Å². The number of pyridine rings is 2. The van der Waals surface area contributed by atoms with Crippen molar-refractivity contribution in [2.24, 2.45) is 5.92 Å². The van der Waals surface area contributed by atoms with E-state index >= 15 is 0 Å². The van der Waals surface area contributed by atoms with E-state index in [1.165, 1.54) is 33.4 Å². The van der Waals surface area contributed by atoms with Crippen LogP contribution in [-0.4, -0.2) is 45.1 Å². The normalized spacial score (nSPS) is 24.6. The Labute approximate surface area is 248 Å². The zero-order valence-electron chi connectivity index (χ0n) is 25.7. The van der Waals surface area contributed by atoms with Crippen LogP contribution in [-0.2, 0) is 27.8 Å². The number of nitrogens with zero attached hydrogens (tertiary/aromatic N) is 3. The molecule has 1 spiro atoms. The molecule has 42 heavy (non-hydrogen) atoms. The predicted molar refractivity (Wildman–Crippen MR) is 163 cm³/mol. The molecule has 2 aliphatic heterocycles. The van der Waals surface area contributed by atoms with Crippen molar-refractivity contribution in [2.75, 3.05) is 11.9 Å². The van der Waals surface area contributed by atoms with Crippen LogP contribution in [0.3, 0.4) is 0 Å². The molecule has 1 N–H and O–H groups in total. The first-order valence-corrected chi connectivity index (χ1v) is 15.1. The molecule has 7 nitrogen and oxygen atoms in total. The van der Waals surface area contributed by atoms with Crippen molar-refractivity contribution in [1.29, 1.82) is 0 Å². The number of amides is 2. The molecule has 0 saturated carbocycles. The first-order chi connectivity index (χ1) is 20.0. The van der Waals surface area contributed by atoms with E-state index in [0.717, 1.165) is 16.8 Å². The smallest absolute Gasteiger partial charge is 0.237 e. The number of anilines is 1. The number of hydrogen-bond donors (Lipinski definition) is 1. The summed E-state index contributed by atoms with van der Waals surface area (Å²) in [7, 11) is 0. The van der Waals surface area contributed by atoms with Crippen molar-refractivity contribution in [3.63, 3.8) is 0 Å². The summed E-state index contributed by atoms with van der Waals surface area (Å²) >= 11 is 0. The fourth-order valence-electron chi connectivity index (χ4n) is 7.93. The van der Waals surface area contributed by atoms with Crippen LogP contribution in [0.1, 0.15) is 93.2 Å². The number of aromatic nitrogens is 2. The fourth-order valence-corrected chi connectivity index (χ4v) is 7.93. The molecule has 4 atom stereocenters.